The molecule has 1 aliphatic rings. The van der Waals surface area contributed by atoms with E-state index in [9.17, 15) is 10.5 Å². The Kier molecular flexibility index (Phi) is 20.3. The van der Waals surface area contributed by atoms with Crippen molar-refractivity contribution in [3.8, 4) is 31.6 Å². The molecule has 59 heavy (non-hydrogen) atoms. The molecule has 5 heterocycles. The monoisotopic (exact) mass is 860 g/mol. The molecule has 0 aliphatic carbocycles. The Hall–Kier alpha value is -3.72. The largest absolute Gasteiger partial charge is 0.457 e. The highest BCUT2D eigenvalue weighted by molar-refractivity contribution is 7.22. The number of nitriles is 2. The molecule has 1 aliphatic heterocycles. The lowest BCUT2D eigenvalue weighted by Crippen LogP contribution is -1.99. The van der Waals surface area contributed by atoms with Crippen LogP contribution in [-0.2, 0) is 30.4 Å². The normalized spacial score (nSPS) is 12.9. The number of hydrogen-bond acceptors (Lipinski definition) is 7. The highest BCUT2D eigenvalue weighted by atomic mass is 32.1. The zero-order chi connectivity index (χ0) is 41.7. The summed E-state index contributed by atoms with van der Waals surface area (Å²) in [4.78, 5) is 8.10. The Labute approximate surface area is 372 Å². The third-order valence-corrected chi connectivity index (χ3v) is 15.6. The number of nitrogens with zero attached hydrogens (tertiary/aromatic N) is 2. The fourth-order valence-electron chi connectivity index (χ4n) is 7.83. The van der Waals surface area contributed by atoms with Crippen LogP contribution in [0.4, 0.5) is 0 Å². The molecule has 4 aromatic heterocycles. The van der Waals surface area contributed by atoms with Gasteiger partial charge in [0.15, 0.2) is 0 Å². The van der Waals surface area contributed by atoms with Gasteiger partial charge in [-0.3, -0.25) is 0 Å². The van der Waals surface area contributed by atoms with Crippen LogP contribution in [0.2, 0.25) is 0 Å². The van der Waals surface area contributed by atoms with Crippen LogP contribution in [0.5, 0.6) is 0 Å². The molecule has 4 aromatic rings. The molecule has 7 heteroatoms. The lowest BCUT2D eigenvalue weighted by atomic mass is 9.96. The van der Waals surface area contributed by atoms with Gasteiger partial charge in [-0.15, -0.1) is 45.3 Å². The Morgan fingerprint density at radius 3 is 1.25 bits per heavy atom. The topological polar surface area (TPSA) is 56.8 Å². The van der Waals surface area contributed by atoms with Gasteiger partial charge in [0, 0.05) is 34.8 Å². The number of allylic oxidation sites excluding steroid dienone is 6. The van der Waals surface area contributed by atoms with E-state index in [0.29, 0.717) is 17.1 Å². The summed E-state index contributed by atoms with van der Waals surface area (Å²) < 4.78 is 6.62. The number of thiophene rings is 4. The minimum absolute atomic E-state index is 0.0919. The Morgan fingerprint density at radius 1 is 0.525 bits per heavy atom. The molecule has 312 valence electrons. The van der Waals surface area contributed by atoms with Crippen LogP contribution in [0.25, 0.3) is 31.7 Å². The van der Waals surface area contributed by atoms with Gasteiger partial charge < -0.3 is 4.74 Å². The molecule has 5 rings (SSSR count). The molecule has 0 spiro atoms. The molecule has 3 nitrogen and oxygen atoms in total. The van der Waals surface area contributed by atoms with Gasteiger partial charge in [0.05, 0.1) is 0 Å². The lowest BCUT2D eigenvalue weighted by Gasteiger charge is -2.14. The molecule has 0 radical (unpaired) electrons. The minimum Gasteiger partial charge on any atom is -0.457 e. The second kappa shape index (κ2) is 25.8. The van der Waals surface area contributed by atoms with E-state index in [1.54, 1.807) is 0 Å². The van der Waals surface area contributed by atoms with E-state index in [1.807, 2.05) is 57.5 Å². The van der Waals surface area contributed by atoms with Crippen LogP contribution < -0.4 is 0 Å². The van der Waals surface area contributed by atoms with Gasteiger partial charge in [0.1, 0.15) is 29.2 Å². The second-order valence-electron chi connectivity index (χ2n) is 15.6. The molecule has 0 aromatic carbocycles. The SMILES string of the molecule is CCCCCCc1c(/C=C/C2=CC(=C(C#N)C#N)C=C(/C=C/c3sc(-c4cccs4)c(CCCCCC)c3CCCCCC)O2)sc(-c2cccs2)c1CCCCCC. The van der Waals surface area contributed by atoms with Gasteiger partial charge >= 0.3 is 0 Å². The number of hydrogen-bond donors (Lipinski definition) is 0. The zero-order valence-electron chi connectivity index (χ0n) is 36.0. The van der Waals surface area contributed by atoms with E-state index in [0.717, 1.165) is 25.7 Å². The van der Waals surface area contributed by atoms with Crippen molar-refractivity contribution in [2.45, 2.75) is 156 Å². The first-order valence-corrected chi connectivity index (χ1v) is 25.8. The van der Waals surface area contributed by atoms with Gasteiger partial charge in [-0.25, -0.2) is 0 Å². The van der Waals surface area contributed by atoms with E-state index >= 15 is 0 Å². The summed E-state index contributed by atoms with van der Waals surface area (Å²) in [5, 5.41) is 24.3. The van der Waals surface area contributed by atoms with Crippen LogP contribution in [0, 0.1) is 22.7 Å². The van der Waals surface area contributed by atoms with Gasteiger partial charge in [0.2, 0.25) is 0 Å². The molecule has 0 amide bonds. The van der Waals surface area contributed by atoms with E-state index in [-0.39, 0.29) is 5.57 Å². The standard InChI is InChI=1S/C52H64N2OS4/c1-5-9-13-17-23-43-45(25-19-15-11-7-3)51(49-27-21-33-56-49)58-47(43)31-29-41-35-39(40(37-53)38-54)36-42(55-41)30-32-48-44(24-18-14-10-6-2)46(26-20-16-12-8-4)52(59-48)50-28-22-34-57-50/h21-22,27-36H,5-20,23-26H2,1-4H3/b31-29+,32-30+. The molecule has 0 unspecified atom stereocenters. The predicted octanol–water partition coefficient (Wildman–Crippen LogP) is 17.6. The van der Waals surface area contributed by atoms with Crippen molar-refractivity contribution < 1.29 is 4.74 Å². The first-order chi connectivity index (χ1) is 29.0. The molecule has 0 saturated heterocycles. The summed E-state index contributed by atoms with van der Waals surface area (Å²) in [6.45, 7) is 9.11. The van der Waals surface area contributed by atoms with Crippen molar-refractivity contribution in [3.63, 3.8) is 0 Å². The van der Waals surface area contributed by atoms with E-state index in [1.165, 1.54) is 154 Å². The average molecular weight is 861 g/mol. The van der Waals surface area contributed by atoms with Crippen molar-refractivity contribution in [3.05, 3.63) is 114 Å². The quantitative estimate of drug-likeness (QED) is 0.0467. The van der Waals surface area contributed by atoms with Crippen molar-refractivity contribution >= 4 is 57.5 Å². The third kappa shape index (κ3) is 13.6. The number of rotatable bonds is 26. The summed E-state index contributed by atoms with van der Waals surface area (Å²) in [6.07, 6.45) is 36.4. The van der Waals surface area contributed by atoms with E-state index in [2.05, 4.69) is 99.2 Å². The Bertz CT molecular complexity index is 1970. The molecule has 0 saturated carbocycles. The predicted molar refractivity (Wildman–Crippen MR) is 260 cm³/mol. The van der Waals surface area contributed by atoms with Crippen LogP contribution in [0.3, 0.4) is 0 Å². The highest BCUT2D eigenvalue weighted by Gasteiger charge is 2.21. The third-order valence-electron chi connectivity index (χ3n) is 11.0. The molecule has 0 bridgehead atoms. The van der Waals surface area contributed by atoms with E-state index < -0.39 is 0 Å². The van der Waals surface area contributed by atoms with Crippen molar-refractivity contribution in [2.24, 2.45) is 0 Å². The Balaban J connectivity index is 1.50. The Morgan fingerprint density at radius 2 is 0.915 bits per heavy atom. The summed E-state index contributed by atoms with van der Waals surface area (Å²) in [5.41, 5.74) is 6.69. The van der Waals surface area contributed by atoms with Gasteiger partial charge in [-0.2, -0.15) is 10.5 Å². The van der Waals surface area contributed by atoms with E-state index in [4.69, 9.17) is 4.74 Å². The van der Waals surface area contributed by atoms with Crippen molar-refractivity contribution in [1.29, 1.82) is 10.5 Å². The van der Waals surface area contributed by atoms with Gasteiger partial charge in [-0.1, -0.05) is 117 Å². The maximum atomic E-state index is 9.98. The fraction of sp³-hybridized carbons (Fsp3) is 0.462. The van der Waals surface area contributed by atoms with Crippen molar-refractivity contribution in [1.82, 2.24) is 0 Å². The lowest BCUT2D eigenvalue weighted by molar-refractivity contribution is 0.332. The van der Waals surface area contributed by atoms with Gasteiger partial charge in [0.25, 0.3) is 0 Å². The second-order valence-corrected chi connectivity index (χ2v) is 19.6. The molecule has 0 N–H and O–H groups in total. The van der Waals surface area contributed by atoms with Crippen LogP contribution in [0.15, 0.2) is 82.0 Å². The molecule has 0 atom stereocenters. The maximum Gasteiger partial charge on any atom is 0.137 e. The number of unbranched alkanes of at least 4 members (excludes halogenated alkanes) is 12. The van der Waals surface area contributed by atoms with Crippen molar-refractivity contribution in [2.75, 3.05) is 0 Å². The maximum absolute atomic E-state index is 9.98. The summed E-state index contributed by atoms with van der Waals surface area (Å²) in [7, 11) is 0. The smallest absolute Gasteiger partial charge is 0.137 e. The molecular weight excluding hydrogens is 797 g/mol. The summed E-state index contributed by atoms with van der Waals surface area (Å²) >= 11 is 7.47. The molecular formula is C52H64N2OS4. The van der Waals surface area contributed by atoms with Crippen LogP contribution in [-0.4, -0.2) is 0 Å². The molecule has 0 fully saturated rings. The average Bonchev–Trinajstić information content (AvgIpc) is 4.09. The van der Waals surface area contributed by atoms with Gasteiger partial charge in [-0.05, 0) is 133 Å². The van der Waals surface area contributed by atoms with Crippen LogP contribution in [0.1, 0.15) is 162 Å². The fourth-order valence-corrected chi connectivity index (χ4v) is 12.2. The number of ether oxygens (including phenoxy) is 1. The first kappa shape index (κ1) is 46.3. The summed E-state index contributed by atoms with van der Waals surface area (Å²) in [5.74, 6) is 1.28. The summed E-state index contributed by atoms with van der Waals surface area (Å²) in [6, 6.07) is 13.1. The zero-order valence-corrected chi connectivity index (χ0v) is 39.3. The van der Waals surface area contributed by atoms with Crippen LogP contribution >= 0.6 is 45.3 Å². The minimum atomic E-state index is 0.0919. The highest BCUT2D eigenvalue weighted by Crippen LogP contribution is 2.43. The first-order valence-electron chi connectivity index (χ1n) is 22.4.